The van der Waals surface area contributed by atoms with Crippen molar-refractivity contribution >= 4 is 5.82 Å². The number of hydrogen-bond acceptors (Lipinski definition) is 2. The highest BCUT2D eigenvalue weighted by atomic mass is 15.1. The number of rotatable bonds is 3. The van der Waals surface area contributed by atoms with Crippen LogP contribution in [0.2, 0.25) is 0 Å². The maximum atomic E-state index is 6.16. The van der Waals surface area contributed by atoms with Gasteiger partial charge in [0.2, 0.25) is 0 Å². The van der Waals surface area contributed by atoms with Gasteiger partial charge in [0.15, 0.2) is 0 Å². The van der Waals surface area contributed by atoms with Gasteiger partial charge in [0, 0.05) is 0 Å². The molecule has 0 bridgehead atoms. The minimum Gasteiger partial charge on any atom is -0.384 e. The molecule has 0 aliphatic rings. The van der Waals surface area contributed by atoms with Gasteiger partial charge in [-0.05, 0) is 17.4 Å². The van der Waals surface area contributed by atoms with Crippen LogP contribution in [0.1, 0.15) is 32.0 Å². The molecule has 3 nitrogen and oxygen atoms in total. The molecule has 2 rings (SSSR count). The lowest BCUT2D eigenvalue weighted by Crippen LogP contribution is -2.12. The second kappa shape index (κ2) is 4.84. The average Bonchev–Trinajstić information content (AvgIpc) is 2.61. The Morgan fingerprint density at radius 1 is 1.17 bits per heavy atom. The van der Waals surface area contributed by atoms with Crippen LogP contribution >= 0.6 is 0 Å². The molecule has 1 heterocycles. The van der Waals surface area contributed by atoms with Crippen molar-refractivity contribution in [1.82, 2.24) is 9.55 Å². The molecular weight excluding hydrogens is 222 g/mol. The summed E-state index contributed by atoms with van der Waals surface area (Å²) in [6.45, 7) is 7.37. The van der Waals surface area contributed by atoms with Crippen molar-refractivity contribution in [3.63, 3.8) is 0 Å². The van der Waals surface area contributed by atoms with Crippen LogP contribution in [0.3, 0.4) is 0 Å². The van der Waals surface area contributed by atoms with Crippen molar-refractivity contribution in [2.45, 2.75) is 33.7 Å². The summed E-state index contributed by atoms with van der Waals surface area (Å²) in [5.74, 6) is 0.786. The Kier molecular flexibility index (Phi) is 3.41. The molecule has 2 aromatic rings. The van der Waals surface area contributed by atoms with Crippen LogP contribution in [-0.2, 0) is 13.0 Å². The molecule has 2 N–H and O–H groups in total. The van der Waals surface area contributed by atoms with Gasteiger partial charge >= 0.3 is 0 Å². The smallest absolute Gasteiger partial charge is 0.126 e. The van der Waals surface area contributed by atoms with Gasteiger partial charge in [-0.2, -0.15) is 0 Å². The third kappa shape index (κ3) is 3.13. The summed E-state index contributed by atoms with van der Waals surface area (Å²) in [7, 11) is 0. The highest BCUT2D eigenvalue weighted by molar-refractivity contribution is 5.37. The minimum atomic E-state index is 0.208. The molecule has 0 saturated heterocycles. The molecule has 0 radical (unpaired) electrons. The predicted molar refractivity (Wildman–Crippen MR) is 75.3 cm³/mol. The summed E-state index contributed by atoms with van der Waals surface area (Å²) in [6.07, 6.45) is 2.74. The van der Waals surface area contributed by atoms with Gasteiger partial charge in [0.05, 0.1) is 18.6 Å². The SMILES string of the molecule is CC(C)(C)Cc1ncn(Cc2ccccc2)c1N. The monoisotopic (exact) mass is 243 g/mol. The van der Waals surface area contributed by atoms with E-state index >= 15 is 0 Å². The molecule has 1 aromatic heterocycles. The fraction of sp³-hybridized carbons (Fsp3) is 0.400. The third-order valence-corrected chi connectivity index (χ3v) is 2.85. The van der Waals surface area contributed by atoms with Gasteiger partial charge in [0.25, 0.3) is 0 Å². The molecule has 1 aromatic carbocycles. The zero-order valence-corrected chi connectivity index (χ0v) is 11.4. The number of anilines is 1. The molecule has 18 heavy (non-hydrogen) atoms. The van der Waals surface area contributed by atoms with Crippen LogP contribution in [0.15, 0.2) is 36.7 Å². The fourth-order valence-electron chi connectivity index (χ4n) is 1.98. The van der Waals surface area contributed by atoms with E-state index in [0.29, 0.717) is 0 Å². The number of hydrogen-bond donors (Lipinski definition) is 1. The number of aromatic nitrogens is 2. The third-order valence-electron chi connectivity index (χ3n) is 2.85. The second-order valence-corrected chi connectivity index (χ2v) is 5.93. The Bertz CT molecular complexity index is 506. The summed E-state index contributed by atoms with van der Waals surface area (Å²) in [5.41, 5.74) is 8.61. The molecule has 0 aliphatic carbocycles. The Labute approximate surface area is 109 Å². The lowest BCUT2D eigenvalue weighted by molar-refractivity contribution is 0.407. The largest absolute Gasteiger partial charge is 0.384 e. The van der Waals surface area contributed by atoms with Crippen LogP contribution in [0, 0.1) is 5.41 Å². The van der Waals surface area contributed by atoms with Gasteiger partial charge in [-0.1, -0.05) is 51.1 Å². The first-order chi connectivity index (χ1) is 8.46. The molecule has 0 spiro atoms. The normalized spacial score (nSPS) is 11.7. The fourth-order valence-corrected chi connectivity index (χ4v) is 1.98. The maximum Gasteiger partial charge on any atom is 0.126 e. The molecule has 3 heteroatoms. The van der Waals surface area contributed by atoms with Gasteiger partial charge < -0.3 is 10.3 Å². The number of imidazole rings is 1. The lowest BCUT2D eigenvalue weighted by atomic mass is 9.90. The van der Waals surface area contributed by atoms with Gasteiger partial charge in [0.1, 0.15) is 5.82 Å². The maximum absolute atomic E-state index is 6.16. The zero-order valence-electron chi connectivity index (χ0n) is 11.4. The topological polar surface area (TPSA) is 43.8 Å². The van der Waals surface area contributed by atoms with Crippen LogP contribution in [-0.4, -0.2) is 9.55 Å². The molecule has 96 valence electrons. The quantitative estimate of drug-likeness (QED) is 0.900. The summed E-state index contributed by atoms with van der Waals surface area (Å²) in [6, 6.07) is 10.3. The van der Waals surface area contributed by atoms with E-state index in [0.717, 1.165) is 24.5 Å². The predicted octanol–water partition coefficient (Wildman–Crippen LogP) is 3.10. The van der Waals surface area contributed by atoms with Crippen molar-refractivity contribution in [1.29, 1.82) is 0 Å². The molecule has 0 fully saturated rings. The number of nitrogens with two attached hydrogens (primary N) is 1. The molecule has 0 saturated carbocycles. The Morgan fingerprint density at radius 2 is 1.83 bits per heavy atom. The van der Waals surface area contributed by atoms with Crippen molar-refractivity contribution in [3.8, 4) is 0 Å². The number of nitrogens with zero attached hydrogens (tertiary/aromatic N) is 2. The first kappa shape index (κ1) is 12.7. The van der Waals surface area contributed by atoms with E-state index in [2.05, 4.69) is 37.9 Å². The standard InChI is InChI=1S/C15H21N3/c1-15(2,3)9-13-14(16)18(11-17-13)10-12-7-5-4-6-8-12/h4-8,11H,9-10,16H2,1-3H3. The average molecular weight is 243 g/mol. The first-order valence-electron chi connectivity index (χ1n) is 6.29. The Morgan fingerprint density at radius 3 is 2.44 bits per heavy atom. The second-order valence-electron chi connectivity index (χ2n) is 5.93. The summed E-state index contributed by atoms with van der Waals surface area (Å²) >= 11 is 0. The summed E-state index contributed by atoms with van der Waals surface area (Å²) in [5, 5.41) is 0. The van der Waals surface area contributed by atoms with E-state index in [-0.39, 0.29) is 5.41 Å². The van der Waals surface area contributed by atoms with Crippen LogP contribution in [0.4, 0.5) is 5.82 Å². The molecular formula is C15H21N3. The van der Waals surface area contributed by atoms with E-state index in [9.17, 15) is 0 Å². The lowest BCUT2D eigenvalue weighted by Gasteiger charge is -2.16. The van der Waals surface area contributed by atoms with Crippen molar-refractivity contribution in [3.05, 3.63) is 47.9 Å². The van der Waals surface area contributed by atoms with Gasteiger partial charge in [-0.15, -0.1) is 0 Å². The molecule has 0 aliphatic heterocycles. The van der Waals surface area contributed by atoms with Gasteiger partial charge in [-0.25, -0.2) is 4.98 Å². The van der Waals surface area contributed by atoms with E-state index in [1.807, 2.05) is 29.1 Å². The van der Waals surface area contributed by atoms with Crippen LogP contribution < -0.4 is 5.73 Å². The summed E-state index contributed by atoms with van der Waals surface area (Å²) in [4.78, 5) is 4.44. The van der Waals surface area contributed by atoms with Crippen LogP contribution in [0.5, 0.6) is 0 Å². The Hall–Kier alpha value is -1.77. The minimum absolute atomic E-state index is 0.208. The molecule has 0 unspecified atom stereocenters. The summed E-state index contributed by atoms with van der Waals surface area (Å²) < 4.78 is 2.01. The van der Waals surface area contributed by atoms with E-state index < -0.39 is 0 Å². The van der Waals surface area contributed by atoms with E-state index in [4.69, 9.17) is 5.73 Å². The Balaban J connectivity index is 2.16. The van der Waals surface area contributed by atoms with Gasteiger partial charge in [-0.3, -0.25) is 0 Å². The van der Waals surface area contributed by atoms with E-state index in [1.54, 1.807) is 0 Å². The van der Waals surface area contributed by atoms with Crippen molar-refractivity contribution in [2.24, 2.45) is 5.41 Å². The van der Waals surface area contributed by atoms with E-state index in [1.165, 1.54) is 5.56 Å². The highest BCUT2D eigenvalue weighted by Gasteiger charge is 2.16. The first-order valence-corrected chi connectivity index (χ1v) is 6.29. The number of benzene rings is 1. The van der Waals surface area contributed by atoms with Crippen molar-refractivity contribution in [2.75, 3.05) is 5.73 Å². The highest BCUT2D eigenvalue weighted by Crippen LogP contribution is 2.23. The van der Waals surface area contributed by atoms with Crippen LogP contribution in [0.25, 0.3) is 0 Å². The number of nitrogen functional groups attached to an aromatic ring is 1. The molecule has 0 atom stereocenters. The van der Waals surface area contributed by atoms with Crippen molar-refractivity contribution < 1.29 is 0 Å². The molecule has 0 amide bonds. The zero-order chi connectivity index (χ0) is 13.2.